The molecule has 2 amide bonds. The van der Waals surface area contributed by atoms with Gasteiger partial charge in [0.05, 0.1) is 18.8 Å². The Hall–Kier alpha value is -2.87. The topological polar surface area (TPSA) is 53.9 Å². The molecular formula is C20H23F3N3O2+. The van der Waals surface area contributed by atoms with Gasteiger partial charge in [0.1, 0.15) is 0 Å². The summed E-state index contributed by atoms with van der Waals surface area (Å²) in [5.41, 5.74) is 0.542. The van der Waals surface area contributed by atoms with Gasteiger partial charge < -0.3 is 15.1 Å². The second-order valence-corrected chi connectivity index (χ2v) is 6.67. The second kappa shape index (κ2) is 9.36. The van der Waals surface area contributed by atoms with Crippen LogP contribution in [0.1, 0.15) is 18.5 Å². The minimum absolute atomic E-state index is 0.0430. The molecule has 28 heavy (non-hydrogen) atoms. The molecule has 150 valence electrons. The number of halogens is 3. The van der Waals surface area contributed by atoms with Gasteiger partial charge in [0.2, 0.25) is 0 Å². The SMILES string of the molecule is C[C@@H](c1ccccc1)N(C)C(=O)C[NH+](C)CC(=O)Nc1ccc(F)c(F)c1F. The fourth-order valence-electron chi connectivity index (χ4n) is 2.71. The van der Waals surface area contributed by atoms with Gasteiger partial charge in [0, 0.05) is 7.05 Å². The van der Waals surface area contributed by atoms with Crippen LogP contribution in [-0.2, 0) is 9.59 Å². The van der Waals surface area contributed by atoms with E-state index >= 15 is 0 Å². The van der Waals surface area contributed by atoms with Crippen LogP contribution in [0.25, 0.3) is 0 Å². The third-order valence-corrected chi connectivity index (χ3v) is 4.48. The quantitative estimate of drug-likeness (QED) is 0.704. The minimum Gasteiger partial charge on any atom is -0.334 e. The molecule has 2 rings (SSSR count). The first-order chi connectivity index (χ1) is 13.2. The van der Waals surface area contributed by atoms with Gasteiger partial charge in [0.15, 0.2) is 30.5 Å². The van der Waals surface area contributed by atoms with Crippen molar-refractivity contribution < 1.29 is 27.7 Å². The number of nitrogens with one attached hydrogen (secondary N) is 2. The lowest BCUT2D eigenvalue weighted by molar-refractivity contribution is -0.862. The average molecular weight is 394 g/mol. The molecule has 0 saturated heterocycles. The van der Waals surface area contributed by atoms with Gasteiger partial charge in [0.25, 0.3) is 11.8 Å². The molecule has 5 nitrogen and oxygen atoms in total. The lowest BCUT2D eigenvalue weighted by atomic mass is 10.1. The number of anilines is 1. The Morgan fingerprint density at radius 1 is 1.04 bits per heavy atom. The molecule has 2 N–H and O–H groups in total. The summed E-state index contributed by atoms with van der Waals surface area (Å²) in [5, 5.41) is 2.19. The van der Waals surface area contributed by atoms with Crippen LogP contribution in [0.4, 0.5) is 18.9 Å². The van der Waals surface area contributed by atoms with Crippen molar-refractivity contribution in [2.75, 3.05) is 32.5 Å². The standard InChI is InChI=1S/C20H22F3N3O2/c1-13(14-7-5-4-6-8-14)26(3)18(28)12-25(2)11-17(27)24-16-10-9-15(21)19(22)20(16)23/h4-10,13H,11-12H2,1-3H3,(H,24,27)/p+1/t13-/m0/s1. The molecule has 1 unspecified atom stereocenters. The van der Waals surface area contributed by atoms with Gasteiger partial charge in [-0.25, -0.2) is 13.2 Å². The number of nitrogens with zero attached hydrogens (tertiary/aromatic N) is 1. The van der Waals surface area contributed by atoms with Gasteiger partial charge in [-0.05, 0) is 24.6 Å². The molecule has 0 aliphatic rings. The summed E-state index contributed by atoms with van der Waals surface area (Å²) in [6, 6.07) is 11.1. The van der Waals surface area contributed by atoms with E-state index in [2.05, 4.69) is 5.32 Å². The van der Waals surface area contributed by atoms with E-state index < -0.39 is 29.0 Å². The van der Waals surface area contributed by atoms with Gasteiger partial charge >= 0.3 is 0 Å². The Kier molecular flexibility index (Phi) is 7.17. The van der Waals surface area contributed by atoms with Gasteiger partial charge in [-0.15, -0.1) is 0 Å². The summed E-state index contributed by atoms with van der Waals surface area (Å²) < 4.78 is 39.8. The summed E-state index contributed by atoms with van der Waals surface area (Å²) in [7, 11) is 3.32. The van der Waals surface area contributed by atoms with Gasteiger partial charge in [-0.3, -0.25) is 9.59 Å². The Morgan fingerprint density at radius 2 is 1.68 bits per heavy atom. The van der Waals surface area contributed by atoms with Crippen molar-refractivity contribution in [3.8, 4) is 0 Å². The number of carbonyl (C=O) groups excluding carboxylic acids is 2. The highest BCUT2D eigenvalue weighted by Gasteiger charge is 2.22. The number of rotatable bonds is 7. The largest absolute Gasteiger partial charge is 0.334 e. The van der Waals surface area contributed by atoms with Crippen LogP contribution in [0, 0.1) is 17.5 Å². The number of carbonyl (C=O) groups is 2. The monoisotopic (exact) mass is 394 g/mol. The molecular weight excluding hydrogens is 371 g/mol. The van der Waals surface area contributed by atoms with E-state index in [-0.39, 0.29) is 25.0 Å². The molecule has 2 atom stereocenters. The van der Waals surface area contributed by atoms with E-state index in [1.807, 2.05) is 37.3 Å². The molecule has 0 radical (unpaired) electrons. The van der Waals surface area contributed by atoms with Crippen LogP contribution < -0.4 is 10.2 Å². The third-order valence-electron chi connectivity index (χ3n) is 4.48. The zero-order chi connectivity index (χ0) is 20.8. The highest BCUT2D eigenvalue weighted by molar-refractivity contribution is 5.91. The molecule has 0 bridgehead atoms. The van der Waals surface area contributed by atoms with E-state index in [4.69, 9.17) is 0 Å². The second-order valence-electron chi connectivity index (χ2n) is 6.67. The number of amides is 2. The highest BCUT2D eigenvalue weighted by atomic mass is 19.2. The minimum atomic E-state index is -1.65. The van der Waals surface area contributed by atoms with Crippen molar-refractivity contribution in [1.29, 1.82) is 0 Å². The number of hydrogen-bond acceptors (Lipinski definition) is 2. The maximum atomic E-state index is 13.6. The maximum Gasteiger partial charge on any atom is 0.279 e. The molecule has 2 aromatic carbocycles. The van der Waals surface area contributed by atoms with Crippen LogP contribution >= 0.6 is 0 Å². The van der Waals surface area contributed by atoms with Crippen LogP contribution in [-0.4, -0.2) is 43.9 Å². The Balaban J connectivity index is 1.90. The van der Waals surface area contributed by atoms with Crippen molar-refractivity contribution in [2.24, 2.45) is 0 Å². The predicted molar refractivity (Wildman–Crippen MR) is 99.2 cm³/mol. The number of likely N-dealkylation sites (N-methyl/N-ethyl adjacent to an activating group) is 2. The molecule has 0 heterocycles. The lowest BCUT2D eigenvalue weighted by Crippen LogP contribution is -3.11. The molecule has 0 aliphatic heterocycles. The van der Waals surface area contributed by atoms with Crippen molar-refractivity contribution in [1.82, 2.24) is 4.90 Å². The Bertz CT molecular complexity index is 846. The molecule has 8 heteroatoms. The van der Waals surface area contributed by atoms with Crippen molar-refractivity contribution in [3.05, 3.63) is 65.5 Å². The van der Waals surface area contributed by atoms with E-state index in [1.54, 1.807) is 19.0 Å². The number of hydrogen-bond donors (Lipinski definition) is 2. The average Bonchev–Trinajstić information content (AvgIpc) is 2.67. The van der Waals surface area contributed by atoms with Crippen molar-refractivity contribution in [3.63, 3.8) is 0 Å². The third kappa shape index (κ3) is 5.32. The van der Waals surface area contributed by atoms with E-state index in [1.165, 1.54) is 0 Å². The summed E-state index contributed by atoms with van der Waals surface area (Å²) in [6.07, 6.45) is 0. The first-order valence-electron chi connectivity index (χ1n) is 8.76. The van der Waals surface area contributed by atoms with Crippen LogP contribution in [0.2, 0.25) is 0 Å². The predicted octanol–water partition coefficient (Wildman–Crippen LogP) is 1.78. The Morgan fingerprint density at radius 3 is 2.32 bits per heavy atom. The fraction of sp³-hybridized carbons (Fsp3) is 0.300. The van der Waals surface area contributed by atoms with E-state index in [0.29, 0.717) is 4.90 Å². The fourth-order valence-corrected chi connectivity index (χ4v) is 2.71. The lowest BCUT2D eigenvalue weighted by Gasteiger charge is -2.26. The van der Waals surface area contributed by atoms with E-state index in [9.17, 15) is 22.8 Å². The van der Waals surface area contributed by atoms with Crippen LogP contribution in [0.15, 0.2) is 42.5 Å². The molecule has 0 saturated carbocycles. The van der Waals surface area contributed by atoms with Gasteiger partial charge in [-0.1, -0.05) is 30.3 Å². The Labute approximate surface area is 161 Å². The molecule has 0 aliphatic carbocycles. The first-order valence-corrected chi connectivity index (χ1v) is 8.76. The normalized spacial score (nSPS) is 12.9. The number of benzene rings is 2. The van der Waals surface area contributed by atoms with Crippen molar-refractivity contribution >= 4 is 17.5 Å². The summed E-state index contributed by atoms with van der Waals surface area (Å²) >= 11 is 0. The number of quaternary nitrogens is 1. The van der Waals surface area contributed by atoms with E-state index in [0.717, 1.165) is 17.7 Å². The summed E-state index contributed by atoms with van der Waals surface area (Å²) in [4.78, 5) is 26.7. The zero-order valence-corrected chi connectivity index (χ0v) is 15.9. The van der Waals surface area contributed by atoms with Crippen molar-refractivity contribution in [2.45, 2.75) is 13.0 Å². The summed E-state index contributed by atoms with van der Waals surface area (Å²) in [6.45, 7) is 1.81. The summed E-state index contributed by atoms with van der Waals surface area (Å²) in [5.74, 6) is -5.22. The molecule has 0 aromatic heterocycles. The molecule has 0 spiro atoms. The zero-order valence-electron chi connectivity index (χ0n) is 15.9. The highest BCUT2D eigenvalue weighted by Crippen LogP contribution is 2.19. The van der Waals surface area contributed by atoms with Crippen LogP contribution in [0.3, 0.4) is 0 Å². The molecule has 2 aromatic rings. The van der Waals surface area contributed by atoms with Crippen LogP contribution in [0.5, 0.6) is 0 Å². The first kappa shape index (κ1) is 21.4. The smallest absolute Gasteiger partial charge is 0.279 e. The molecule has 0 fully saturated rings. The maximum absolute atomic E-state index is 13.6. The van der Waals surface area contributed by atoms with Gasteiger partial charge in [-0.2, -0.15) is 0 Å².